The second kappa shape index (κ2) is 12.5. The predicted molar refractivity (Wildman–Crippen MR) is 166 cm³/mol. The van der Waals surface area contributed by atoms with E-state index in [2.05, 4.69) is 19.9 Å². The summed E-state index contributed by atoms with van der Waals surface area (Å²) < 4.78 is 39.8. The number of hydrogen-bond acceptors (Lipinski definition) is 9. The minimum absolute atomic E-state index is 0.109. The Hall–Kier alpha value is -4.03. The van der Waals surface area contributed by atoms with E-state index >= 15 is 0 Å². The maximum atomic E-state index is 12.9. The Balaban J connectivity index is 1.55. The third-order valence-corrected chi connectivity index (χ3v) is 8.26. The lowest BCUT2D eigenvalue weighted by molar-refractivity contribution is 0.0240. The highest BCUT2D eigenvalue weighted by atomic mass is 32.2. The van der Waals surface area contributed by atoms with Gasteiger partial charge in [-0.15, -0.1) is 0 Å². The van der Waals surface area contributed by atoms with Crippen LogP contribution in [0.5, 0.6) is 5.75 Å². The Morgan fingerprint density at radius 3 is 2.36 bits per heavy atom. The maximum absolute atomic E-state index is 12.9. The lowest BCUT2D eigenvalue weighted by atomic mass is 10.0. The Kier molecular flexibility index (Phi) is 9.17. The topological polar surface area (TPSA) is 139 Å². The summed E-state index contributed by atoms with van der Waals surface area (Å²) in [5, 5.41) is 3.16. The fraction of sp³-hybridized carbons (Fsp3) is 0.400. The van der Waals surface area contributed by atoms with Gasteiger partial charge < -0.3 is 30.3 Å². The molecule has 4 rings (SSSR count). The Morgan fingerprint density at radius 1 is 1.02 bits per heavy atom. The molecule has 0 spiro atoms. The van der Waals surface area contributed by atoms with Gasteiger partial charge in [0.25, 0.3) is 0 Å². The molecule has 42 heavy (non-hydrogen) atoms. The third kappa shape index (κ3) is 7.42. The van der Waals surface area contributed by atoms with Crippen molar-refractivity contribution in [3.8, 4) is 16.9 Å². The number of pyridine rings is 1. The SMILES string of the molecule is COc1cc(N2CCN(C(=O)OC(C)(C)C)CC2)ccc1-c1cnc(N)c(Nc2ccccc2S(=O)(=O)NC(C)C)c1. The maximum Gasteiger partial charge on any atom is 0.410 e. The van der Waals surface area contributed by atoms with Gasteiger partial charge in [0.15, 0.2) is 0 Å². The zero-order chi connectivity index (χ0) is 30.7. The summed E-state index contributed by atoms with van der Waals surface area (Å²) in [4.78, 5) is 20.8. The molecule has 1 aromatic heterocycles. The number of hydrogen-bond donors (Lipinski definition) is 3. The number of nitrogens with two attached hydrogens (primary N) is 1. The summed E-state index contributed by atoms with van der Waals surface area (Å²) in [7, 11) is -2.15. The molecule has 2 heterocycles. The van der Waals surface area contributed by atoms with Crippen LogP contribution in [0.4, 0.5) is 27.7 Å². The van der Waals surface area contributed by atoms with Crippen LogP contribution >= 0.6 is 0 Å². The van der Waals surface area contributed by atoms with Gasteiger partial charge in [-0.1, -0.05) is 12.1 Å². The predicted octanol–water partition coefficient (Wildman–Crippen LogP) is 4.83. The molecule has 11 nitrogen and oxygen atoms in total. The average molecular weight is 597 g/mol. The highest BCUT2D eigenvalue weighted by Gasteiger charge is 2.26. The number of rotatable bonds is 8. The van der Waals surface area contributed by atoms with Gasteiger partial charge in [0.1, 0.15) is 22.1 Å². The van der Waals surface area contributed by atoms with Gasteiger partial charge >= 0.3 is 6.09 Å². The number of methoxy groups -OCH3 is 1. The van der Waals surface area contributed by atoms with Crippen molar-refractivity contribution >= 4 is 39.0 Å². The lowest BCUT2D eigenvalue weighted by Crippen LogP contribution is -2.50. The first-order valence-electron chi connectivity index (χ1n) is 13.8. The number of amides is 1. The molecule has 0 aliphatic carbocycles. The summed E-state index contributed by atoms with van der Waals surface area (Å²) in [6.45, 7) is 11.5. The first kappa shape index (κ1) is 30.9. The second-order valence-corrected chi connectivity index (χ2v) is 13.1. The van der Waals surface area contributed by atoms with E-state index in [-0.39, 0.29) is 22.8 Å². The monoisotopic (exact) mass is 596 g/mol. The summed E-state index contributed by atoms with van der Waals surface area (Å²) >= 11 is 0. The number of nitrogen functional groups attached to an aromatic ring is 1. The molecular formula is C30H40N6O5S. The molecule has 0 saturated carbocycles. The minimum atomic E-state index is -3.76. The molecule has 1 fully saturated rings. The van der Waals surface area contributed by atoms with Crippen molar-refractivity contribution in [2.45, 2.75) is 51.2 Å². The fourth-order valence-electron chi connectivity index (χ4n) is 4.63. The number of carbonyl (C=O) groups is 1. The number of sulfonamides is 1. The normalized spacial score (nSPS) is 14.2. The molecule has 1 amide bonds. The number of carbonyl (C=O) groups excluding carboxylic acids is 1. The summed E-state index contributed by atoms with van der Waals surface area (Å²) in [6.07, 6.45) is 1.35. The highest BCUT2D eigenvalue weighted by Crippen LogP contribution is 2.37. The number of benzene rings is 2. The van der Waals surface area contributed by atoms with Crippen molar-refractivity contribution in [3.63, 3.8) is 0 Å². The van der Waals surface area contributed by atoms with Crippen LogP contribution in [0.25, 0.3) is 11.1 Å². The zero-order valence-electron chi connectivity index (χ0n) is 25.0. The Labute approximate surface area is 248 Å². The van der Waals surface area contributed by atoms with Gasteiger partial charge in [0.05, 0.1) is 18.5 Å². The van der Waals surface area contributed by atoms with Crippen molar-refractivity contribution in [3.05, 3.63) is 54.7 Å². The van der Waals surface area contributed by atoms with E-state index in [0.717, 1.165) is 16.8 Å². The fourth-order valence-corrected chi connectivity index (χ4v) is 6.05. The number of ether oxygens (including phenoxy) is 2. The first-order chi connectivity index (χ1) is 19.8. The molecule has 1 saturated heterocycles. The minimum Gasteiger partial charge on any atom is -0.496 e. The molecule has 3 aromatic rings. The van der Waals surface area contributed by atoms with Gasteiger partial charge in [-0.05, 0) is 65.0 Å². The van der Waals surface area contributed by atoms with Crippen molar-refractivity contribution < 1.29 is 22.7 Å². The molecule has 0 radical (unpaired) electrons. The van der Waals surface area contributed by atoms with Crippen molar-refractivity contribution in [1.82, 2.24) is 14.6 Å². The average Bonchev–Trinajstić information content (AvgIpc) is 2.92. The Morgan fingerprint density at radius 2 is 1.71 bits per heavy atom. The van der Waals surface area contributed by atoms with Gasteiger partial charge in [-0.25, -0.2) is 22.9 Å². The van der Waals surface area contributed by atoms with Crippen LogP contribution in [0.3, 0.4) is 0 Å². The number of para-hydroxylation sites is 1. The molecule has 1 aliphatic rings. The number of piperazine rings is 1. The van der Waals surface area contributed by atoms with E-state index in [1.807, 2.05) is 45.0 Å². The van der Waals surface area contributed by atoms with E-state index in [9.17, 15) is 13.2 Å². The molecule has 0 bridgehead atoms. The van der Waals surface area contributed by atoms with E-state index in [0.29, 0.717) is 43.3 Å². The number of anilines is 4. The van der Waals surface area contributed by atoms with Gasteiger partial charge in [0.2, 0.25) is 10.0 Å². The summed E-state index contributed by atoms with van der Waals surface area (Å²) in [5.74, 6) is 0.866. The van der Waals surface area contributed by atoms with Gasteiger partial charge in [-0.3, -0.25) is 0 Å². The quantitative estimate of drug-likeness (QED) is 0.334. The Bertz CT molecular complexity index is 1530. The van der Waals surface area contributed by atoms with Crippen LogP contribution in [0.15, 0.2) is 59.6 Å². The van der Waals surface area contributed by atoms with Crippen LogP contribution in [0.2, 0.25) is 0 Å². The molecule has 1 aliphatic heterocycles. The molecule has 0 unspecified atom stereocenters. The smallest absolute Gasteiger partial charge is 0.410 e. The second-order valence-electron chi connectivity index (χ2n) is 11.4. The third-order valence-electron chi connectivity index (χ3n) is 6.55. The van der Waals surface area contributed by atoms with Gasteiger partial charge in [0, 0.05) is 61.3 Å². The van der Waals surface area contributed by atoms with Crippen LogP contribution in [0, 0.1) is 0 Å². The number of nitrogens with one attached hydrogen (secondary N) is 2. The lowest BCUT2D eigenvalue weighted by Gasteiger charge is -2.37. The van der Waals surface area contributed by atoms with E-state index in [4.69, 9.17) is 15.2 Å². The van der Waals surface area contributed by atoms with E-state index in [1.54, 1.807) is 50.3 Å². The molecule has 0 atom stereocenters. The molecular weight excluding hydrogens is 556 g/mol. The first-order valence-corrected chi connectivity index (χ1v) is 15.3. The van der Waals surface area contributed by atoms with Crippen LogP contribution in [-0.4, -0.2) is 69.3 Å². The van der Waals surface area contributed by atoms with E-state index in [1.165, 1.54) is 6.07 Å². The zero-order valence-corrected chi connectivity index (χ0v) is 25.8. The van der Waals surface area contributed by atoms with Crippen molar-refractivity contribution in [2.24, 2.45) is 0 Å². The van der Waals surface area contributed by atoms with Crippen molar-refractivity contribution in [2.75, 3.05) is 49.2 Å². The van der Waals surface area contributed by atoms with E-state index < -0.39 is 15.6 Å². The van der Waals surface area contributed by atoms with Crippen LogP contribution in [-0.2, 0) is 14.8 Å². The molecule has 226 valence electrons. The summed E-state index contributed by atoms with van der Waals surface area (Å²) in [5.41, 5.74) is 9.02. The number of aromatic nitrogens is 1. The van der Waals surface area contributed by atoms with Crippen LogP contribution in [0.1, 0.15) is 34.6 Å². The van der Waals surface area contributed by atoms with Crippen LogP contribution < -0.4 is 25.4 Å². The number of nitrogens with zero attached hydrogens (tertiary/aromatic N) is 3. The molecule has 12 heteroatoms. The van der Waals surface area contributed by atoms with Gasteiger partial charge in [-0.2, -0.15) is 0 Å². The van der Waals surface area contributed by atoms with Crippen molar-refractivity contribution in [1.29, 1.82) is 0 Å². The molecule has 4 N–H and O–H groups in total. The highest BCUT2D eigenvalue weighted by molar-refractivity contribution is 7.89. The summed E-state index contributed by atoms with van der Waals surface area (Å²) in [6, 6.07) is 14.1. The largest absolute Gasteiger partial charge is 0.496 e. The standard InChI is InChI=1S/C30H40N6O5S/c1-20(2)34-42(38,39)27-10-8-7-9-24(27)33-25-17-21(19-32-28(25)31)23-12-11-22(18-26(23)40-6)35-13-15-36(16-14-35)29(37)41-30(3,4)5/h7-12,17-20,33-34H,13-16H2,1-6H3,(H2,31,32). The molecule has 2 aromatic carbocycles.